The number of carbonyl (C=O) groups is 1. The molecule has 1 N–H and O–H groups in total. The van der Waals surface area contributed by atoms with E-state index in [9.17, 15) is 4.79 Å². The predicted molar refractivity (Wildman–Crippen MR) is 117 cm³/mol. The molecule has 2 aromatic heterocycles. The molecular weight excluding hydrogens is 396 g/mol. The van der Waals surface area contributed by atoms with Crippen LogP contribution in [0.3, 0.4) is 0 Å². The number of aryl methyl sites for hydroxylation is 1. The first-order valence-electron chi connectivity index (χ1n) is 10.7. The molecule has 0 radical (unpaired) electrons. The fraction of sp³-hybridized carbons (Fsp3) is 0.435. The molecule has 0 bridgehead atoms. The second kappa shape index (κ2) is 10.00. The standard InChI is InChI=1S/C23H28N4O2S/c1-2-3-10-21-25-22(29-26-21)16-27-15-18-8-5-4-7-17(18)14-20(27)23(28)24-12-11-19-9-6-13-30-19/h4-9,13,20H,2-3,10-12,14-16H2,1H3,(H,24,28)/t20-/m1/s1. The van der Waals surface area contributed by atoms with Crippen LogP contribution in [0.4, 0.5) is 0 Å². The van der Waals surface area contributed by atoms with Gasteiger partial charge < -0.3 is 9.84 Å². The van der Waals surface area contributed by atoms with E-state index >= 15 is 0 Å². The largest absolute Gasteiger partial charge is 0.354 e. The summed E-state index contributed by atoms with van der Waals surface area (Å²) in [5.41, 5.74) is 2.49. The van der Waals surface area contributed by atoms with Gasteiger partial charge in [-0.25, -0.2) is 0 Å². The van der Waals surface area contributed by atoms with Crippen molar-refractivity contribution in [2.24, 2.45) is 0 Å². The Morgan fingerprint density at radius 1 is 1.23 bits per heavy atom. The molecule has 158 valence electrons. The van der Waals surface area contributed by atoms with Gasteiger partial charge in [-0.3, -0.25) is 9.69 Å². The van der Waals surface area contributed by atoms with Crippen molar-refractivity contribution in [1.29, 1.82) is 0 Å². The Bertz CT molecular complexity index is 954. The highest BCUT2D eigenvalue weighted by molar-refractivity contribution is 7.09. The summed E-state index contributed by atoms with van der Waals surface area (Å²) in [6.45, 7) is 3.98. The number of benzene rings is 1. The van der Waals surface area contributed by atoms with Crippen molar-refractivity contribution in [3.05, 3.63) is 69.5 Å². The number of aromatic nitrogens is 2. The number of hydrogen-bond donors (Lipinski definition) is 1. The zero-order chi connectivity index (χ0) is 20.8. The molecule has 0 aliphatic carbocycles. The van der Waals surface area contributed by atoms with Gasteiger partial charge in [-0.1, -0.05) is 48.8 Å². The van der Waals surface area contributed by atoms with Gasteiger partial charge >= 0.3 is 0 Å². The van der Waals surface area contributed by atoms with Crippen molar-refractivity contribution in [2.75, 3.05) is 6.54 Å². The number of hydrogen-bond acceptors (Lipinski definition) is 6. The van der Waals surface area contributed by atoms with Gasteiger partial charge in [-0.05, 0) is 41.8 Å². The van der Waals surface area contributed by atoms with Gasteiger partial charge in [-0.15, -0.1) is 11.3 Å². The fourth-order valence-corrected chi connectivity index (χ4v) is 4.56. The number of thiophene rings is 1. The number of rotatable bonds is 9. The Balaban J connectivity index is 1.44. The summed E-state index contributed by atoms with van der Waals surface area (Å²) in [5.74, 6) is 1.39. The van der Waals surface area contributed by atoms with Crippen LogP contribution in [-0.4, -0.2) is 33.5 Å². The van der Waals surface area contributed by atoms with Crippen molar-refractivity contribution >= 4 is 17.2 Å². The van der Waals surface area contributed by atoms with Crippen LogP contribution in [0.1, 0.15) is 47.5 Å². The first-order valence-corrected chi connectivity index (χ1v) is 11.5. The average molecular weight is 425 g/mol. The molecule has 0 spiro atoms. The van der Waals surface area contributed by atoms with Gasteiger partial charge in [0.1, 0.15) is 0 Å². The lowest BCUT2D eigenvalue weighted by Gasteiger charge is -2.35. The van der Waals surface area contributed by atoms with E-state index in [1.165, 1.54) is 16.0 Å². The van der Waals surface area contributed by atoms with Crippen LogP contribution >= 0.6 is 11.3 Å². The quantitative estimate of drug-likeness (QED) is 0.566. The van der Waals surface area contributed by atoms with E-state index in [4.69, 9.17) is 4.52 Å². The molecule has 1 atom stereocenters. The third-order valence-electron chi connectivity index (χ3n) is 5.50. The maximum Gasteiger partial charge on any atom is 0.240 e. The van der Waals surface area contributed by atoms with Crippen LogP contribution in [-0.2, 0) is 37.1 Å². The van der Waals surface area contributed by atoms with Crippen LogP contribution < -0.4 is 5.32 Å². The summed E-state index contributed by atoms with van der Waals surface area (Å²) in [6, 6.07) is 12.2. The summed E-state index contributed by atoms with van der Waals surface area (Å²) in [7, 11) is 0. The fourth-order valence-electron chi connectivity index (χ4n) is 3.85. The summed E-state index contributed by atoms with van der Waals surface area (Å²) < 4.78 is 5.48. The van der Waals surface area contributed by atoms with Crippen LogP contribution in [0, 0.1) is 0 Å². The van der Waals surface area contributed by atoms with Gasteiger partial charge in [0.05, 0.1) is 12.6 Å². The van der Waals surface area contributed by atoms with Crippen LogP contribution in [0.15, 0.2) is 46.3 Å². The average Bonchev–Trinajstić information content (AvgIpc) is 3.44. The van der Waals surface area contributed by atoms with E-state index in [2.05, 4.69) is 50.9 Å². The number of nitrogens with one attached hydrogen (secondary N) is 1. The number of unbranched alkanes of at least 4 members (excludes halogenated alkanes) is 1. The Labute approximate surface area is 181 Å². The molecule has 1 aliphatic rings. The lowest BCUT2D eigenvalue weighted by molar-refractivity contribution is -0.127. The van der Waals surface area contributed by atoms with Crippen LogP contribution in [0.25, 0.3) is 0 Å². The second-order valence-electron chi connectivity index (χ2n) is 7.72. The number of carbonyl (C=O) groups excluding carboxylic acids is 1. The summed E-state index contributed by atoms with van der Waals surface area (Å²) in [5, 5.41) is 9.29. The molecule has 1 aromatic carbocycles. The van der Waals surface area contributed by atoms with Crippen LogP contribution in [0.2, 0.25) is 0 Å². The van der Waals surface area contributed by atoms with Crippen molar-refractivity contribution in [3.63, 3.8) is 0 Å². The molecule has 0 saturated carbocycles. The molecular formula is C23H28N4O2S. The molecule has 6 nitrogen and oxygen atoms in total. The van der Waals surface area contributed by atoms with Gasteiger partial charge in [0.25, 0.3) is 0 Å². The minimum Gasteiger partial charge on any atom is -0.354 e. The normalized spacial score (nSPS) is 16.4. The third kappa shape index (κ3) is 5.15. The molecule has 0 saturated heterocycles. The zero-order valence-corrected chi connectivity index (χ0v) is 18.2. The maximum atomic E-state index is 13.1. The monoisotopic (exact) mass is 424 g/mol. The first kappa shape index (κ1) is 20.8. The molecule has 1 aliphatic heterocycles. The molecule has 4 rings (SSSR count). The minimum absolute atomic E-state index is 0.0618. The first-order chi connectivity index (χ1) is 14.7. The SMILES string of the molecule is CCCCc1noc(CN2Cc3ccccc3C[C@@H]2C(=O)NCCc2cccs2)n1. The van der Waals surface area contributed by atoms with E-state index in [1.807, 2.05) is 18.2 Å². The van der Waals surface area contributed by atoms with Crippen LogP contribution in [0.5, 0.6) is 0 Å². The summed E-state index contributed by atoms with van der Waals surface area (Å²) in [4.78, 5) is 21.0. The molecule has 30 heavy (non-hydrogen) atoms. The second-order valence-corrected chi connectivity index (χ2v) is 8.75. The number of nitrogens with zero attached hydrogens (tertiary/aromatic N) is 3. The molecule has 1 amide bonds. The number of amides is 1. The molecule has 0 fully saturated rings. The Morgan fingerprint density at radius 2 is 2.10 bits per heavy atom. The van der Waals surface area contributed by atoms with Crippen molar-refractivity contribution in [1.82, 2.24) is 20.4 Å². The smallest absolute Gasteiger partial charge is 0.240 e. The van der Waals surface area contributed by atoms with Gasteiger partial charge in [-0.2, -0.15) is 4.98 Å². The molecule has 3 heterocycles. The van der Waals surface area contributed by atoms with E-state index < -0.39 is 0 Å². The summed E-state index contributed by atoms with van der Waals surface area (Å²) >= 11 is 1.72. The minimum atomic E-state index is -0.241. The topological polar surface area (TPSA) is 71.3 Å². The molecule has 7 heteroatoms. The van der Waals surface area contributed by atoms with Gasteiger partial charge in [0.2, 0.25) is 11.8 Å². The van der Waals surface area contributed by atoms with E-state index in [-0.39, 0.29) is 11.9 Å². The van der Waals surface area contributed by atoms with Crippen molar-refractivity contribution < 1.29 is 9.32 Å². The highest BCUT2D eigenvalue weighted by Crippen LogP contribution is 2.25. The van der Waals surface area contributed by atoms with Crippen molar-refractivity contribution in [2.45, 2.75) is 58.2 Å². The van der Waals surface area contributed by atoms with Gasteiger partial charge in [0, 0.05) is 24.4 Å². The third-order valence-corrected chi connectivity index (χ3v) is 6.44. The van der Waals surface area contributed by atoms with Crippen molar-refractivity contribution in [3.8, 4) is 0 Å². The number of fused-ring (bicyclic) bond motifs is 1. The zero-order valence-electron chi connectivity index (χ0n) is 17.3. The highest BCUT2D eigenvalue weighted by atomic mass is 32.1. The summed E-state index contributed by atoms with van der Waals surface area (Å²) in [6.07, 6.45) is 4.52. The van der Waals surface area contributed by atoms with E-state index in [0.29, 0.717) is 31.9 Å². The Hall–Kier alpha value is -2.51. The highest BCUT2D eigenvalue weighted by Gasteiger charge is 2.32. The molecule has 0 unspecified atom stereocenters. The van der Waals surface area contributed by atoms with E-state index in [0.717, 1.165) is 31.5 Å². The Morgan fingerprint density at radius 3 is 2.90 bits per heavy atom. The predicted octanol–water partition coefficient (Wildman–Crippen LogP) is 3.76. The lowest BCUT2D eigenvalue weighted by atomic mass is 9.93. The lowest BCUT2D eigenvalue weighted by Crippen LogP contribution is -2.50. The Kier molecular flexibility index (Phi) is 6.92. The maximum absolute atomic E-state index is 13.1. The van der Waals surface area contributed by atoms with E-state index in [1.54, 1.807) is 11.3 Å². The van der Waals surface area contributed by atoms with Gasteiger partial charge in [0.15, 0.2) is 5.82 Å². The molecule has 3 aromatic rings.